The van der Waals surface area contributed by atoms with Crippen LogP contribution in [0.3, 0.4) is 0 Å². The number of nitrogens with two attached hydrogens (primary N) is 1. The van der Waals surface area contributed by atoms with Crippen molar-refractivity contribution in [1.29, 1.82) is 0 Å². The molecule has 2 heteroatoms. The number of nitrogens with zero attached hydrogens (tertiary/aromatic N) is 1. The lowest BCUT2D eigenvalue weighted by atomic mass is 9.80. The van der Waals surface area contributed by atoms with Crippen LogP contribution in [0.25, 0.3) is 0 Å². The molecule has 2 rings (SSSR count). The molecule has 0 amide bonds. The molecule has 0 aromatic carbocycles. The third kappa shape index (κ3) is 4.32. The van der Waals surface area contributed by atoms with E-state index in [4.69, 9.17) is 5.73 Å². The first-order chi connectivity index (χ1) is 8.89. The number of hydrogen-bond donors (Lipinski definition) is 1. The fourth-order valence-electron chi connectivity index (χ4n) is 3.48. The Kier molecular flexibility index (Phi) is 4.73. The molecule has 0 aromatic heterocycles. The van der Waals surface area contributed by atoms with E-state index < -0.39 is 0 Å². The Morgan fingerprint density at radius 3 is 2.42 bits per heavy atom. The third-order valence-corrected chi connectivity index (χ3v) is 5.03. The van der Waals surface area contributed by atoms with Crippen LogP contribution in [0.15, 0.2) is 11.6 Å². The van der Waals surface area contributed by atoms with Crippen molar-refractivity contribution in [3.8, 4) is 0 Å². The number of hydrogen-bond acceptors (Lipinski definition) is 2. The summed E-state index contributed by atoms with van der Waals surface area (Å²) in [6.07, 6.45) is 11.4. The van der Waals surface area contributed by atoms with Gasteiger partial charge in [-0.15, -0.1) is 0 Å². The van der Waals surface area contributed by atoms with Gasteiger partial charge in [-0.25, -0.2) is 0 Å². The number of rotatable bonds is 3. The molecule has 2 N–H and O–H groups in total. The minimum atomic E-state index is 0.145. The summed E-state index contributed by atoms with van der Waals surface area (Å²) >= 11 is 0. The van der Waals surface area contributed by atoms with Crippen LogP contribution in [-0.2, 0) is 0 Å². The molecule has 1 aliphatic carbocycles. The Labute approximate surface area is 119 Å². The highest BCUT2D eigenvalue weighted by atomic mass is 15.1. The van der Waals surface area contributed by atoms with Crippen LogP contribution in [0.1, 0.15) is 65.7 Å². The summed E-state index contributed by atoms with van der Waals surface area (Å²) in [5.74, 6) is 0. The van der Waals surface area contributed by atoms with Gasteiger partial charge in [-0.1, -0.05) is 51.7 Å². The lowest BCUT2D eigenvalue weighted by molar-refractivity contribution is 0.211. The summed E-state index contributed by atoms with van der Waals surface area (Å²) in [4.78, 5) is 2.58. The van der Waals surface area contributed by atoms with Crippen LogP contribution in [-0.4, -0.2) is 30.1 Å². The van der Waals surface area contributed by atoms with E-state index in [0.29, 0.717) is 5.41 Å². The molecule has 0 unspecified atom stereocenters. The van der Waals surface area contributed by atoms with Gasteiger partial charge in [0.2, 0.25) is 0 Å². The predicted molar refractivity (Wildman–Crippen MR) is 83.2 cm³/mol. The summed E-state index contributed by atoms with van der Waals surface area (Å²) in [6.45, 7) is 10.5. The van der Waals surface area contributed by atoms with Crippen LogP contribution < -0.4 is 5.73 Å². The molecule has 0 aromatic rings. The first-order valence-electron chi connectivity index (χ1n) is 8.10. The molecule has 0 saturated heterocycles. The summed E-state index contributed by atoms with van der Waals surface area (Å²) in [6, 6.07) is 0. The van der Waals surface area contributed by atoms with Crippen molar-refractivity contribution in [3.05, 3.63) is 11.6 Å². The van der Waals surface area contributed by atoms with Gasteiger partial charge < -0.3 is 5.73 Å². The van der Waals surface area contributed by atoms with Crippen LogP contribution in [0.2, 0.25) is 0 Å². The summed E-state index contributed by atoms with van der Waals surface area (Å²) in [7, 11) is 0. The molecule has 2 aliphatic rings. The Balaban J connectivity index is 1.78. The Morgan fingerprint density at radius 1 is 1.21 bits per heavy atom. The maximum absolute atomic E-state index is 6.53. The highest BCUT2D eigenvalue weighted by Crippen LogP contribution is 2.31. The van der Waals surface area contributed by atoms with Gasteiger partial charge in [0.25, 0.3) is 0 Å². The fourth-order valence-corrected chi connectivity index (χ4v) is 3.48. The zero-order chi connectivity index (χ0) is 13.9. The minimum absolute atomic E-state index is 0.145. The second-order valence-corrected chi connectivity index (χ2v) is 7.70. The normalized spacial score (nSPS) is 25.2. The Bertz CT molecular complexity index is 319. The average molecular weight is 264 g/mol. The van der Waals surface area contributed by atoms with Gasteiger partial charge in [-0.05, 0) is 31.1 Å². The molecule has 1 heterocycles. The topological polar surface area (TPSA) is 29.3 Å². The van der Waals surface area contributed by atoms with Gasteiger partial charge in [-0.2, -0.15) is 0 Å². The van der Waals surface area contributed by atoms with E-state index in [9.17, 15) is 0 Å². The highest BCUT2D eigenvalue weighted by Gasteiger charge is 2.28. The molecule has 0 radical (unpaired) electrons. The molecule has 2 nitrogen and oxygen atoms in total. The van der Waals surface area contributed by atoms with Crippen molar-refractivity contribution in [2.45, 2.75) is 71.3 Å². The van der Waals surface area contributed by atoms with Crippen molar-refractivity contribution in [3.63, 3.8) is 0 Å². The summed E-state index contributed by atoms with van der Waals surface area (Å²) in [5, 5.41) is 0. The smallest absolute Gasteiger partial charge is 0.0166 e. The van der Waals surface area contributed by atoms with Gasteiger partial charge in [0.05, 0.1) is 0 Å². The molecule has 1 aliphatic heterocycles. The van der Waals surface area contributed by atoms with Crippen LogP contribution in [0, 0.1) is 5.41 Å². The maximum atomic E-state index is 6.53. The van der Waals surface area contributed by atoms with E-state index in [1.54, 1.807) is 5.57 Å². The first kappa shape index (κ1) is 15.1. The Hall–Kier alpha value is -0.340. The van der Waals surface area contributed by atoms with Crippen LogP contribution in [0.5, 0.6) is 0 Å². The molecule has 1 saturated carbocycles. The zero-order valence-corrected chi connectivity index (χ0v) is 13.2. The van der Waals surface area contributed by atoms with E-state index >= 15 is 0 Å². The van der Waals surface area contributed by atoms with Crippen molar-refractivity contribution in [2.24, 2.45) is 11.1 Å². The van der Waals surface area contributed by atoms with E-state index in [0.717, 1.165) is 6.54 Å². The molecular formula is C17H32N2. The average Bonchev–Trinajstić information content (AvgIpc) is 2.37. The van der Waals surface area contributed by atoms with Crippen molar-refractivity contribution in [2.75, 3.05) is 19.6 Å². The minimum Gasteiger partial charge on any atom is -0.325 e. The van der Waals surface area contributed by atoms with E-state index in [1.165, 1.54) is 58.0 Å². The quantitative estimate of drug-likeness (QED) is 0.787. The summed E-state index contributed by atoms with van der Waals surface area (Å²) in [5.41, 5.74) is 8.66. The molecule has 110 valence electrons. The van der Waals surface area contributed by atoms with E-state index in [1.807, 2.05) is 0 Å². The maximum Gasteiger partial charge on any atom is 0.0166 e. The van der Waals surface area contributed by atoms with Gasteiger partial charge in [0, 0.05) is 25.2 Å². The van der Waals surface area contributed by atoms with Gasteiger partial charge in [0.15, 0.2) is 0 Å². The zero-order valence-electron chi connectivity index (χ0n) is 13.2. The van der Waals surface area contributed by atoms with Gasteiger partial charge in [-0.3, -0.25) is 4.90 Å². The van der Waals surface area contributed by atoms with Crippen molar-refractivity contribution in [1.82, 2.24) is 4.90 Å². The second kappa shape index (κ2) is 5.97. The first-order valence-corrected chi connectivity index (χ1v) is 8.10. The molecule has 0 bridgehead atoms. The van der Waals surface area contributed by atoms with Crippen molar-refractivity contribution >= 4 is 0 Å². The third-order valence-electron chi connectivity index (χ3n) is 5.03. The van der Waals surface area contributed by atoms with E-state index in [2.05, 4.69) is 31.7 Å². The highest BCUT2D eigenvalue weighted by molar-refractivity contribution is 5.14. The molecule has 19 heavy (non-hydrogen) atoms. The Morgan fingerprint density at radius 2 is 1.89 bits per heavy atom. The van der Waals surface area contributed by atoms with Gasteiger partial charge in [0.1, 0.15) is 0 Å². The largest absolute Gasteiger partial charge is 0.325 e. The molecule has 0 atom stereocenters. The molecule has 1 fully saturated rings. The van der Waals surface area contributed by atoms with Crippen LogP contribution >= 0.6 is 0 Å². The lowest BCUT2D eigenvalue weighted by Gasteiger charge is -2.37. The predicted octanol–water partition coefficient (Wildman–Crippen LogP) is 3.72. The molecule has 0 spiro atoms. The fraction of sp³-hybridized carbons (Fsp3) is 0.882. The molecular weight excluding hydrogens is 232 g/mol. The second-order valence-electron chi connectivity index (χ2n) is 7.70. The lowest BCUT2D eigenvalue weighted by Crippen LogP contribution is -2.45. The monoisotopic (exact) mass is 264 g/mol. The van der Waals surface area contributed by atoms with Crippen molar-refractivity contribution < 1.29 is 0 Å². The van der Waals surface area contributed by atoms with Crippen LogP contribution in [0.4, 0.5) is 0 Å². The standard InChI is InChI=1S/C17H32N2/c1-16(2,3)15-7-12-19(13-8-15)14-11-17(18)9-5-4-6-10-17/h7H,4-6,8-14,18H2,1-3H3. The SMILES string of the molecule is CC(C)(C)C1=CCN(CCC2(N)CCCCC2)CC1. The van der Waals surface area contributed by atoms with E-state index in [-0.39, 0.29) is 5.54 Å². The summed E-state index contributed by atoms with van der Waals surface area (Å²) < 4.78 is 0. The van der Waals surface area contributed by atoms with Gasteiger partial charge >= 0.3 is 0 Å².